The Kier molecular flexibility index (Phi) is 7.18. The Morgan fingerprint density at radius 3 is 1.93 bits per heavy atom. The molecule has 1 saturated carbocycles. The van der Waals surface area contributed by atoms with Gasteiger partial charge in [0.25, 0.3) is 0 Å². The summed E-state index contributed by atoms with van der Waals surface area (Å²) in [5.41, 5.74) is 6.53. The molecule has 0 aromatic heterocycles. The molecule has 2 nitrogen and oxygen atoms in total. The second-order valence-corrected chi connectivity index (χ2v) is 4.91. The minimum atomic E-state index is 0. The van der Waals surface area contributed by atoms with Crippen LogP contribution in [-0.2, 0) is 0 Å². The van der Waals surface area contributed by atoms with Crippen LogP contribution in [0.15, 0.2) is 0 Å². The summed E-state index contributed by atoms with van der Waals surface area (Å²) < 4.78 is 0. The van der Waals surface area contributed by atoms with Crippen molar-refractivity contribution < 1.29 is 0 Å². The van der Waals surface area contributed by atoms with E-state index in [1.807, 2.05) is 0 Å². The third kappa shape index (κ3) is 4.48. The summed E-state index contributed by atoms with van der Waals surface area (Å²) in [6.45, 7) is 3.74. The molecule has 1 aliphatic heterocycles. The molecule has 0 amide bonds. The average Bonchev–Trinajstić information content (AvgIpc) is 2.54. The summed E-state index contributed by atoms with van der Waals surface area (Å²) in [6.07, 6.45) is 9.40. The quantitative estimate of drug-likeness (QED) is 0.821. The zero-order valence-electron chi connectivity index (χ0n) is 9.41. The van der Waals surface area contributed by atoms with Crippen molar-refractivity contribution in [2.24, 2.45) is 5.73 Å². The Morgan fingerprint density at radius 2 is 1.40 bits per heavy atom. The van der Waals surface area contributed by atoms with Gasteiger partial charge in [-0.2, -0.15) is 0 Å². The number of likely N-dealkylation sites (tertiary alicyclic amines) is 1. The van der Waals surface area contributed by atoms with Gasteiger partial charge in [-0.05, 0) is 38.8 Å². The van der Waals surface area contributed by atoms with Crippen molar-refractivity contribution in [1.29, 1.82) is 0 Å². The number of hydrogen-bond donors (Lipinski definition) is 1. The van der Waals surface area contributed by atoms with Crippen LogP contribution in [0.1, 0.15) is 44.9 Å². The standard InChI is InChI=1S/C11H22N2.2ClH/c12-11(6-2-3-7-11)10-13-8-4-1-5-9-13;;/h1-10,12H2;2*1H. The third-order valence-electron chi connectivity index (χ3n) is 3.59. The molecule has 4 heteroatoms. The van der Waals surface area contributed by atoms with Crippen LogP contribution in [0.4, 0.5) is 0 Å². The maximum Gasteiger partial charge on any atom is 0.0283 e. The maximum absolute atomic E-state index is 6.35. The Labute approximate surface area is 106 Å². The summed E-state index contributed by atoms with van der Waals surface area (Å²) >= 11 is 0. The zero-order chi connectivity index (χ0) is 9.15. The summed E-state index contributed by atoms with van der Waals surface area (Å²) in [4.78, 5) is 2.58. The van der Waals surface area contributed by atoms with Crippen LogP contribution in [0.3, 0.4) is 0 Å². The molecule has 92 valence electrons. The van der Waals surface area contributed by atoms with Crippen molar-refractivity contribution in [3.8, 4) is 0 Å². The van der Waals surface area contributed by atoms with Gasteiger partial charge in [0.15, 0.2) is 0 Å². The van der Waals surface area contributed by atoms with E-state index in [0.29, 0.717) is 0 Å². The molecule has 0 radical (unpaired) electrons. The van der Waals surface area contributed by atoms with Crippen LogP contribution in [0.2, 0.25) is 0 Å². The first-order valence-corrected chi connectivity index (χ1v) is 5.80. The molecule has 0 spiro atoms. The fourth-order valence-electron chi connectivity index (χ4n) is 2.80. The molecule has 0 aromatic carbocycles. The van der Waals surface area contributed by atoms with Crippen LogP contribution in [0, 0.1) is 0 Å². The predicted molar refractivity (Wildman–Crippen MR) is 70.2 cm³/mol. The Bertz CT molecular complexity index is 164. The number of halogens is 2. The molecule has 2 rings (SSSR count). The molecule has 1 saturated heterocycles. The van der Waals surface area contributed by atoms with E-state index in [2.05, 4.69) is 4.90 Å². The lowest BCUT2D eigenvalue weighted by atomic mass is 9.97. The molecule has 15 heavy (non-hydrogen) atoms. The molecular weight excluding hydrogens is 231 g/mol. The van der Waals surface area contributed by atoms with Gasteiger partial charge in [-0.3, -0.25) is 0 Å². The second kappa shape index (κ2) is 6.95. The summed E-state index contributed by atoms with van der Waals surface area (Å²) in [5, 5.41) is 0. The van der Waals surface area contributed by atoms with E-state index in [4.69, 9.17) is 5.73 Å². The lowest BCUT2D eigenvalue weighted by molar-refractivity contribution is 0.179. The Morgan fingerprint density at radius 1 is 0.867 bits per heavy atom. The molecule has 0 aromatic rings. The number of rotatable bonds is 2. The van der Waals surface area contributed by atoms with E-state index in [1.54, 1.807) is 0 Å². The first kappa shape index (κ1) is 15.5. The number of nitrogens with zero attached hydrogens (tertiary/aromatic N) is 1. The Hall–Kier alpha value is 0.500. The van der Waals surface area contributed by atoms with E-state index < -0.39 is 0 Å². The lowest BCUT2D eigenvalue weighted by Crippen LogP contribution is -2.49. The fraction of sp³-hybridized carbons (Fsp3) is 1.00. The fourth-order valence-corrected chi connectivity index (χ4v) is 2.80. The first-order valence-electron chi connectivity index (χ1n) is 5.80. The topological polar surface area (TPSA) is 29.3 Å². The normalized spacial score (nSPS) is 25.4. The van der Waals surface area contributed by atoms with E-state index in [9.17, 15) is 0 Å². The minimum Gasteiger partial charge on any atom is -0.324 e. The Balaban J connectivity index is 0.000000980. The second-order valence-electron chi connectivity index (χ2n) is 4.91. The molecule has 0 bridgehead atoms. The SMILES string of the molecule is Cl.Cl.NC1(CN2CCCCC2)CCCC1. The molecule has 1 aliphatic carbocycles. The summed E-state index contributed by atoms with van der Waals surface area (Å²) in [7, 11) is 0. The van der Waals surface area contributed by atoms with Gasteiger partial charge < -0.3 is 10.6 Å². The van der Waals surface area contributed by atoms with Gasteiger partial charge in [0.05, 0.1) is 0 Å². The molecular formula is C11H24Cl2N2. The van der Waals surface area contributed by atoms with Gasteiger partial charge in [-0.1, -0.05) is 19.3 Å². The van der Waals surface area contributed by atoms with Crippen molar-refractivity contribution >= 4 is 24.8 Å². The highest BCUT2D eigenvalue weighted by atomic mass is 35.5. The van der Waals surface area contributed by atoms with E-state index in [-0.39, 0.29) is 30.4 Å². The van der Waals surface area contributed by atoms with Gasteiger partial charge in [0, 0.05) is 12.1 Å². The highest BCUT2D eigenvalue weighted by Gasteiger charge is 2.31. The van der Waals surface area contributed by atoms with Gasteiger partial charge in [-0.15, -0.1) is 24.8 Å². The number of piperidine rings is 1. The molecule has 2 aliphatic rings. The van der Waals surface area contributed by atoms with Crippen LogP contribution < -0.4 is 5.73 Å². The zero-order valence-corrected chi connectivity index (χ0v) is 11.0. The molecule has 2 fully saturated rings. The monoisotopic (exact) mass is 254 g/mol. The molecule has 0 atom stereocenters. The van der Waals surface area contributed by atoms with Crippen molar-refractivity contribution in [2.75, 3.05) is 19.6 Å². The van der Waals surface area contributed by atoms with Crippen molar-refractivity contribution in [1.82, 2.24) is 4.90 Å². The molecule has 1 heterocycles. The average molecular weight is 255 g/mol. The van der Waals surface area contributed by atoms with Gasteiger partial charge in [-0.25, -0.2) is 0 Å². The van der Waals surface area contributed by atoms with Gasteiger partial charge >= 0.3 is 0 Å². The van der Waals surface area contributed by atoms with Crippen molar-refractivity contribution in [3.63, 3.8) is 0 Å². The van der Waals surface area contributed by atoms with Crippen LogP contribution in [-0.4, -0.2) is 30.1 Å². The third-order valence-corrected chi connectivity index (χ3v) is 3.59. The van der Waals surface area contributed by atoms with E-state index in [1.165, 1.54) is 58.0 Å². The molecule has 2 N–H and O–H groups in total. The van der Waals surface area contributed by atoms with Crippen LogP contribution in [0.25, 0.3) is 0 Å². The van der Waals surface area contributed by atoms with Crippen LogP contribution >= 0.6 is 24.8 Å². The smallest absolute Gasteiger partial charge is 0.0283 e. The lowest BCUT2D eigenvalue weighted by Gasteiger charge is -2.34. The minimum absolute atomic E-state index is 0. The summed E-state index contributed by atoms with van der Waals surface area (Å²) in [5.74, 6) is 0. The van der Waals surface area contributed by atoms with Crippen LogP contribution in [0.5, 0.6) is 0 Å². The predicted octanol–water partition coefficient (Wildman–Crippen LogP) is 2.59. The van der Waals surface area contributed by atoms with Crippen molar-refractivity contribution in [2.45, 2.75) is 50.5 Å². The molecule has 0 unspecified atom stereocenters. The highest BCUT2D eigenvalue weighted by molar-refractivity contribution is 5.85. The van der Waals surface area contributed by atoms with E-state index in [0.717, 1.165) is 6.54 Å². The highest BCUT2D eigenvalue weighted by Crippen LogP contribution is 2.28. The number of nitrogens with two attached hydrogens (primary N) is 1. The van der Waals surface area contributed by atoms with Gasteiger partial charge in [0.2, 0.25) is 0 Å². The van der Waals surface area contributed by atoms with Crippen molar-refractivity contribution in [3.05, 3.63) is 0 Å². The summed E-state index contributed by atoms with van der Waals surface area (Å²) in [6, 6.07) is 0. The van der Waals surface area contributed by atoms with Gasteiger partial charge in [0.1, 0.15) is 0 Å². The van der Waals surface area contributed by atoms with E-state index >= 15 is 0 Å². The maximum atomic E-state index is 6.35. The number of hydrogen-bond acceptors (Lipinski definition) is 2. The largest absolute Gasteiger partial charge is 0.324 e. The first-order chi connectivity index (χ1) is 6.29.